The maximum absolute atomic E-state index is 11.1. The van der Waals surface area contributed by atoms with Gasteiger partial charge < -0.3 is 9.84 Å². The Morgan fingerprint density at radius 2 is 1.86 bits per heavy atom. The zero-order chi connectivity index (χ0) is 10.6. The molecule has 0 atom stereocenters. The van der Waals surface area contributed by atoms with Gasteiger partial charge in [0.25, 0.3) is 0 Å². The molecule has 0 aliphatic heterocycles. The number of carboxylic acid groups (broad SMARTS) is 1. The number of benzene rings is 1. The van der Waals surface area contributed by atoms with Crippen molar-refractivity contribution in [3.8, 4) is 5.75 Å². The fourth-order valence-electron chi connectivity index (χ4n) is 0.736. The summed E-state index contributed by atoms with van der Waals surface area (Å²) in [7, 11) is 1.12. The van der Waals surface area contributed by atoms with Crippen LogP contribution in [0.4, 0.5) is 9.59 Å². The van der Waals surface area contributed by atoms with Crippen molar-refractivity contribution in [2.24, 2.45) is 0 Å². The normalized spacial score (nSPS) is 9.21. The van der Waals surface area contributed by atoms with Crippen molar-refractivity contribution in [1.29, 1.82) is 0 Å². The number of para-hydroxylation sites is 1. The van der Waals surface area contributed by atoms with Crippen molar-refractivity contribution in [2.75, 3.05) is 7.05 Å². The maximum Gasteiger partial charge on any atom is 0.424 e. The number of carbonyl (C=O) groups excluding carboxylic acids is 1. The van der Waals surface area contributed by atoms with Gasteiger partial charge in [0.05, 0.1) is 0 Å². The average molecular weight is 195 g/mol. The lowest BCUT2D eigenvalue weighted by Gasteiger charge is -2.10. The van der Waals surface area contributed by atoms with Crippen molar-refractivity contribution in [3.63, 3.8) is 0 Å². The minimum atomic E-state index is -1.36. The minimum absolute atomic E-state index is 0.311. The van der Waals surface area contributed by atoms with Crippen LogP contribution in [0.3, 0.4) is 0 Å². The number of rotatable bonds is 1. The first-order valence-electron chi connectivity index (χ1n) is 3.85. The molecule has 0 heterocycles. The summed E-state index contributed by atoms with van der Waals surface area (Å²) in [5.41, 5.74) is 0. The summed E-state index contributed by atoms with van der Waals surface area (Å²) in [6, 6.07) is 8.26. The first-order chi connectivity index (χ1) is 6.61. The number of hydrogen-bond donors (Lipinski definition) is 1. The van der Waals surface area contributed by atoms with Crippen LogP contribution in [0.1, 0.15) is 0 Å². The molecule has 74 valence electrons. The van der Waals surface area contributed by atoms with E-state index in [-0.39, 0.29) is 0 Å². The van der Waals surface area contributed by atoms with Crippen LogP contribution in [0, 0.1) is 0 Å². The molecule has 0 aliphatic rings. The van der Waals surface area contributed by atoms with Crippen LogP contribution in [0.5, 0.6) is 5.75 Å². The van der Waals surface area contributed by atoms with Crippen LogP contribution in [0.15, 0.2) is 30.3 Å². The molecule has 0 saturated carbocycles. The Morgan fingerprint density at radius 3 is 2.36 bits per heavy atom. The number of imide groups is 1. The lowest BCUT2D eigenvalue weighted by atomic mass is 10.3. The number of amides is 2. The molecule has 0 aliphatic carbocycles. The van der Waals surface area contributed by atoms with E-state index in [9.17, 15) is 9.59 Å². The van der Waals surface area contributed by atoms with E-state index in [4.69, 9.17) is 9.84 Å². The highest BCUT2D eigenvalue weighted by molar-refractivity contribution is 5.87. The van der Waals surface area contributed by atoms with Gasteiger partial charge in [-0.2, -0.15) is 0 Å². The van der Waals surface area contributed by atoms with Gasteiger partial charge in [-0.3, -0.25) is 0 Å². The molecule has 0 radical (unpaired) electrons. The largest absolute Gasteiger partial charge is 0.465 e. The van der Waals surface area contributed by atoms with Gasteiger partial charge in [-0.25, -0.2) is 14.5 Å². The highest BCUT2D eigenvalue weighted by Gasteiger charge is 2.16. The summed E-state index contributed by atoms with van der Waals surface area (Å²) in [5, 5.41) is 8.46. The van der Waals surface area contributed by atoms with Crippen molar-refractivity contribution in [2.45, 2.75) is 0 Å². The fourth-order valence-corrected chi connectivity index (χ4v) is 0.736. The smallest absolute Gasteiger partial charge is 0.424 e. The quantitative estimate of drug-likeness (QED) is 0.741. The summed E-state index contributed by atoms with van der Waals surface area (Å²) >= 11 is 0. The molecule has 14 heavy (non-hydrogen) atoms. The molecule has 0 aromatic heterocycles. The molecular formula is C9H9NO4. The first-order valence-corrected chi connectivity index (χ1v) is 3.85. The molecule has 2 amide bonds. The predicted octanol–water partition coefficient (Wildman–Crippen LogP) is 1.80. The van der Waals surface area contributed by atoms with Gasteiger partial charge in [0.2, 0.25) is 0 Å². The van der Waals surface area contributed by atoms with Gasteiger partial charge in [-0.1, -0.05) is 18.2 Å². The molecule has 5 nitrogen and oxygen atoms in total. The molecular weight excluding hydrogens is 186 g/mol. The highest BCUT2D eigenvalue weighted by atomic mass is 16.6. The van der Waals surface area contributed by atoms with Crippen LogP contribution in [-0.2, 0) is 0 Å². The van der Waals surface area contributed by atoms with Crippen molar-refractivity contribution in [1.82, 2.24) is 4.90 Å². The second-order valence-electron chi connectivity index (χ2n) is 2.52. The highest BCUT2D eigenvalue weighted by Crippen LogP contribution is 2.09. The third kappa shape index (κ3) is 2.48. The summed E-state index contributed by atoms with van der Waals surface area (Å²) in [4.78, 5) is 21.9. The lowest BCUT2D eigenvalue weighted by Crippen LogP contribution is -2.34. The van der Waals surface area contributed by atoms with Crippen LogP contribution >= 0.6 is 0 Å². The second-order valence-corrected chi connectivity index (χ2v) is 2.52. The van der Waals surface area contributed by atoms with Gasteiger partial charge in [0, 0.05) is 7.05 Å². The van der Waals surface area contributed by atoms with E-state index < -0.39 is 12.2 Å². The monoisotopic (exact) mass is 195 g/mol. The summed E-state index contributed by atoms with van der Waals surface area (Å²) < 4.78 is 4.74. The van der Waals surface area contributed by atoms with Crippen molar-refractivity contribution >= 4 is 12.2 Å². The Kier molecular flexibility index (Phi) is 3.06. The van der Waals surface area contributed by atoms with Crippen molar-refractivity contribution in [3.05, 3.63) is 30.3 Å². The molecule has 1 aromatic carbocycles. The van der Waals surface area contributed by atoms with Crippen molar-refractivity contribution < 1.29 is 19.4 Å². The maximum atomic E-state index is 11.1. The Morgan fingerprint density at radius 1 is 1.29 bits per heavy atom. The van der Waals surface area contributed by atoms with Gasteiger partial charge in [-0.05, 0) is 12.1 Å². The topological polar surface area (TPSA) is 66.8 Å². The molecule has 1 aromatic rings. The molecule has 1 N–H and O–H groups in total. The Balaban J connectivity index is 2.62. The van der Waals surface area contributed by atoms with E-state index >= 15 is 0 Å². The fraction of sp³-hybridized carbons (Fsp3) is 0.111. The molecule has 0 unspecified atom stereocenters. The van der Waals surface area contributed by atoms with Crippen LogP contribution in [-0.4, -0.2) is 29.2 Å². The lowest BCUT2D eigenvalue weighted by molar-refractivity contribution is 0.136. The van der Waals surface area contributed by atoms with E-state index in [2.05, 4.69) is 0 Å². The Bertz CT molecular complexity index is 336. The van der Waals surface area contributed by atoms with Gasteiger partial charge >= 0.3 is 12.2 Å². The number of hydrogen-bond acceptors (Lipinski definition) is 3. The molecule has 0 spiro atoms. The molecule has 0 fully saturated rings. The zero-order valence-electron chi connectivity index (χ0n) is 7.51. The SMILES string of the molecule is CN(C(=O)O)C(=O)Oc1ccccc1. The number of nitrogens with zero attached hydrogens (tertiary/aromatic N) is 1. The van der Waals surface area contributed by atoms with Gasteiger partial charge in [0.15, 0.2) is 0 Å². The summed E-state index contributed by atoms with van der Waals surface area (Å²) in [5.74, 6) is 0.311. The molecule has 0 bridgehead atoms. The predicted molar refractivity (Wildman–Crippen MR) is 48.3 cm³/mol. The van der Waals surface area contributed by atoms with Gasteiger partial charge in [0.1, 0.15) is 5.75 Å². The first kappa shape index (κ1) is 10.0. The third-order valence-corrected chi connectivity index (χ3v) is 1.51. The molecule has 5 heteroatoms. The zero-order valence-corrected chi connectivity index (χ0v) is 7.51. The van der Waals surface area contributed by atoms with Crippen LogP contribution in [0.2, 0.25) is 0 Å². The van der Waals surface area contributed by atoms with E-state index in [0.717, 1.165) is 7.05 Å². The molecule has 1 rings (SSSR count). The van der Waals surface area contributed by atoms with E-state index in [0.29, 0.717) is 10.6 Å². The van der Waals surface area contributed by atoms with E-state index in [1.54, 1.807) is 30.3 Å². The van der Waals surface area contributed by atoms with Gasteiger partial charge in [-0.15, -0.1) is 0 Å². The Labute approximate surface area is 80.5 Å². The summed E-state index contributed by atoms with van der Waals surface area (Å²) in [6.45, 7) is 0. The molecule has 0 saturated heterocycles. The van der Waals surface area contributed by atoms with E-state index in [1.807, 2.05) is 0 Å². The summed E-state index contributed by atoms with van der Waals surface area (Å²) in [6.07, 6.45) is -2.28. The standard InChI is InChI=1S/C9H9NO4/c1-10(8(11)12)9(13)14-7-5-3-2-4-6-7/h2-6H,1H3,(H,11,12). The third-order valence-electron chi connectivity index (χ3n) is 1.51. The number of ether oxygens (including phenoxy) is 1. The van der Waals surface area contributed by atoms with Crippen LogP contribution in [0.25, 0.3) is 0 Å². The average Bonchev–Trinajstić information content (AvgIpc) is 2.18. The second kappa shape index (κ2) is 4.27. The van der Waals surface area contributed by atoms with Crippen LogP contribution < -0.4 is 4.74 Å². The van der Waals surface area contributed by atoms with E-state index in [1.165, 1.54) is 0 Å². The number of carbonyl (C=O) groups is 2. The Hall–Kier alpha value is -2.04. The minimum Gasteiger partial charge on any atom is -0.465 e.